The second-order valence-electron chi connectivity index (χ2n) is 6.13. The highest BCUT2D eigenvalue weighted by atomic mass is 16.7. The third-order valence-electron chi connectivity index (χ3n) is 4.36. The molecular weight excluding hydrogens is 370 g/mol. The highest BCUT2D eigenvalue weighted by Gasteiger charge is 2.29. The number of amides is 1. The first kappa shape index (κ1) is 19.3. The molecule has 1 amide bonds. The average Bonchev–Trinajstić information content (AvgIpc) is 3.26. The van der Waals surface area contributed by atoms with Crippen LogP contribution in [0, 0.1) is 0 Å². The van der Waals surface area contributed by atoms with E-state index in [0.717, 1.165) is 0 Å². The first-order valence-corrected chi connectivity index (χ1v) is 8.65. The predicted molar refractivity (Wildman–Crippen MR) is 96.5 cm³/mol. The maximum atomic E-state index is 12.5. The van der Waals surface area contributed by atoms with Crippen molar-refractivity contribution < 1.29 is 28.5 Å². The van der Waals surface area contributed by atoms with E-state index < -0.39 is 23.4 Å². The van der Waals surface area contributed by atoms with Gasteiger partial charge in [0.15, 0.2) is 11.5 Å². The Hall–Kier alpha value is -3.43. The van der Waals surface area contributed by atoms with E-state index >= 15 is 0 Å². The summed E-state index contributed by atoms with van der Waals surface area (Å²) in [5.74, 6) is -0.551. The molecule has 10 nitrogen and oxygen atoms in total. The maximum absolute atomic E-state index is 12.5. The molecule has 0 bridgehead atoms. The Bertz CT molecular complexity index is 947. The Balaban J connectivity index is 2.08. The van der Waals surface area contributed by atoms with Gasteiger partial charge in [-0.25, -0.2) is 0 Å². The van der Waals surface area contributed by atoms with Crippen molar-refractivity contribution in [3.8, 4) is 17.2 Å². The minimum absolute atomic E-state index is 0.0362. The van der Waals surface area contributed by atoms with Crippen LogP contribution in [-0.2, 0) is 20.7 Å². The highest BCUT2D eigenvalue weighted by Crippen LogP contribution is 2.44. The zero-order valence-corrected chi connectivity index (χ0v) is 15.5. The lowest BCUT2D eigenvalue weighted by Gasteiger charge is -2.17. The normalized spacial score (nSPS) is 13.2. The molecule has 1 aromatic heterocycles. The Kier molecular flexibility index (Phi) is 5.57. The summed E-state index contributed by atoms with van der Waals surface area (Å²) in [6, 6.07) is 3.32. The SMILES string of the molecule is CCOC(=O)Cc1[nH][nH]c(=O)c1[C@@H](CC(N)=O)c1cc(OC)c2c(c1)OCO2. The van der Waals surface area contributed by atoms with Gasteiger partial charge in [-0.2, -0.15) is 0 Å². The number of ether oxygens (including phenoxy) is 4. The number of rotatable bonds is 8. The van der Waals surface area contributed by atoms with Gasteiger partial charge in [0.25, 0.3) is 5.56 Å². The van der Waals surface area contributed by atoms with Crippen LogP contribution in [0.2, 0.25) is 0 Å². The van der Waals surface area contributed by atoms with E-state index in [9.17, 15) is 14.4 Å². The number of nitrogens with two attached hydrogens (primary N) is 1. The van der Waals surface area contributed by atoms with Gasteiger partial charge in [0.1, 0.15) is 0 Å². The lowest BCUT2D eigenvalue weighted by atomic mass is 9.87. The minimum Gasteiger partial charge on any atom is -0.493 e. The molecule has 1 aliphatic heterocycles. The summed E-state index contributed by atoms with van der Waals surface area (Å²) < 4.78 is 21.1. The van der Waals surface area contributed by atoms with E-state index in [2.05, 4.69) is 10.2 Å². The number of hydrogen-bond donors (Lipinski definition) is 3. The van der Waals surface area contributed by atoms with Crippen molar-refractivity contribution >= 4 is 11.9 Å². The number of methoxy groups -OCH3 is 1. The summed E-state index contributed by atoms with van der Waals surface area (Å²) in [6.45, 7) is 1.94. The topological polar surface area (TPSA) is 146 Å². The van der Waals surface area contributed by atoms with Gasteiger partial charge in [0, 0.05) is 17.9 Å². The molecule has 0 saturated carbocycles. The van der Waals surface area contributed by atoms with Gasteiger partial charge in [-0.1, -0.05) is 0 Å². The summed E-state index contributed by atoms with van der Waals surface area (Å²) in [6.07, 6.45) is -0.307. The quantitative estimate of drug-likeness (QED) is 0.557. The van der Waals surface area contributed by atoms with Crippen LogP contribution in [0.3, 0.4) is 0 Å². The fourth-order valence-corrected chi connectivity index (χ4v) is 3.21. The van der Waals surface area contributed by atoms with Crippen LogP contribution >= 0.6 is 0 Å². The molecule has 0 fully saturated rings. The average molecular weight is 391 g/mol. The lowest BCUT2D eigenvalue weighted by molar-refractivity contribution is -0.142. The van der Waals surface area contributed by atoms with Crippen molar-refractivity contribution in [2.24, 2.45) is 5.73 Å². The first-order valence-electron chi connectivity index (χ1n) is 8.65. The van der Waals surface area contributed by atoms with Gasteiger partial charge in [-0.05, 0) is 24.6 Å². The van der Waals surface area contributed by atoms with Gasteiger partial charge in [-0.15, -0.1) is 0 Å². The number of fused-ring (bicyclic) bond motifs is 1. The Morgan fingerprint density at radius 3 is 2.75 bits per heavy atom. The molecule has 0 spiro atoms. The maximum Gasteiger partial charge on any atom is 0.311 e. The number of carbonyl (C=O) groups is 2. The van der Waals surface area contributed by atoms with Crippen molar-refractivity contribution in [1.29, 1.82) is 0 Å². The largest absolute Gasteiger partial charge is 0.493 e. The Labute approximate surface area is 159 Å². The van der Waals surface area contributed by atoms with Crippen molar-refractivity contribution in [3.63, 3.8) is 0 Å². The molecule has 4 N–H and O–H groups in total. The molecule has 1 atom stereocenters. The van der Waals surface area contributed by atoms with Gasteiger partial charge in [0.2, 0.25) is 18.4 Å². The summed E-state index contributed by atoms with van der Waals surface area (Å²) in [5.41, 5.74) is 6.09. The molecule has 3 rings (SSSR count). The standard InChI is InChI=1S/C18H21N3O7/c1-3-26-15(23)7-11-16(18(24)21-20-11)10(6-14(19)22)9-4-12(25-2)17-13(5-9)27-8-28-17/h4-5,10H,3,6-8H2,1-2H3,(H2,19,22)(H2,20,21,24)/t10-/m0/s1. The molecular formula is C18H21N3O7. The molecule has 0 unspecified atom stereocenters. The minimum atomic E-state index is -0.722. The third kappa shape index (κ3) is 3.80. The van der Waals surface area contributed by atoms with Crippen LogP contribution in [0.25, 0.3) is 0 Å². The number of aromatic amines is 2. The first-order chi connectivity index (χ1) is 13.4. The predicted octanol–water partition coefficient (Wildman–Crippen LogP) is 0.553. The van der Waals surface area contributed by atoms with E-state index in [-0.39, 0.29) is 31.8 Å². The number of primary amides is 1. The fourth-order valence-electron chi connectivity index (χ4n) is 3.21. The summed E-state index contributed by atoms with van der Waals surface area (Å²) in [4.78, 5) is 36.1. The van der Waals surface area contributed by atoms with Crippen molar-refractivity contribution in [1.82, 2.24) is 10.2 Å². The zero-order chi connectivity index (χ0) is 20.3. The number of aromatic nitrogens is 2. The van der Waals surface area contributed by atoms with E-state index in [1.807, 2.05) is 0 Å². The molecule has 1 aliphatic rings. The second-order valence-corrected chi connectivity index (χ2v) is 6.13. The summed E-state index contributed by atoms with van der Waals surface area (Å²) in [5, 5.41) is 5.15. The van der Waals surface area contributed by atoms with E-state index in [1.165, 1.54) is 7.11 Å². The van der Waals surface area contributed by atoms with Crippen LogP contribution in [0.4, 0.5) is 0 Å². The molecule has 0 radical (unpaired) electrons. The number of hydrogen-bond acceptors (Lipinski definition) is 7. The molecule has 2 aromatic rings. The van der Waals surface area contributed by atoms with Crippen LogP contribution in [0.15, 0.2) is 16.9 Å². The number of carbonyl (C=O) groups excluding carboxylic acids is 2. The molecule has 28 heavy (non-hydrogen) atoms. The molecule has 150 valence electrons. The van der Waals surface area contributed by atoms with Crippen molar-refractivity contribution in [2.75, 3.05) is 20.5 Å². The Morgan fingerprint density at radius 1 is 1.29 bits per heavy atom. The molecule has 1 aromatic carbocycles. The monoisotopic (exact) mass is 391 g/mol. The lowest BCUT2D eigenvalue weighted by Crippen LogP contribution is -2.22. The van der Waals surface area contributed by atoms with E-state index in [0.29, 0.717) is 28.5 Å². The van der Waals surface area contributed by atoms with Gasteiger partial charge in [0.05, 0.1) is 25.8 Å². The van der Waals surface area contributed by atoms with Crippen LogP contribution in [0.1, 0.15) is 36.1 Å². The summed E-state index contributed by atoms with van der Waals surface area (Å²) in [7, 11) is 1.47. The zero-order valence-electron chi connectivity index (χ0n) is 15.5. The van der Waals surface area contributed by atoms with Crippen molar-refractivity contribution in [3.05, 3.63) is 39.3 Å². The number of H-pyrrole nitrogens is 2. The number of nitrogens with one attached hydrogen (secondary N) is 2. The molecule has 10 heteroatoms. The fraction of sp³-hybridized carbons (Fsp3) is 0.389. The number of benzene rings is 1. The van der Waals surface area contributed by atoms with Crippen LogP contribution < -0.4 is 25.5 Å². The second kappa shape index (κ2) is 8.07. The third-order valence-corrected chi connectivity index (χ3v) is 4.36. The summed E-state index contributed by atoms with van der Waals surface area (Å²) >= 11 is 0. The van der Waals surface area contributed by atoms with Gasteiger partial charge in [-0.3, -0.25) is 19.5 Å². The van der Waals surface area contributed by atoms with E-state index in [4.69, 9.17) is 24.7 Å². The van der Waals surface area contributed by atoms with E-state index in [1.54, 1.807) is 19.1 Å². The van der Waals surface area contributed by atoms with Crippen LogP contribution in [-0.4, -0.2) is 42.6 Å². The Morgan fingerprint density at radius 2 is 2.07 bits per heavy atom. The highest BCUT2D eigenvalue weighted by molar-refractivity contribution is 5.76. The van der Waals surface area contributed by atoms with Crippen molar-refractivity contribution in [2.45, 2.75) is 25.7 Å². The number of esters is 1. The molecule has 2 heterocycles. The molecule has 0 aliphatic carbocycles. The smallest absolute Gasteiger partial charge is 0.311 e. The van der Waals surface area contributed by atoms with Gasteiger partial charge < -0.3 is 29.8 Å². The van der Waals surface area contributed by atoms with Crippen LogP contribution in [0.5, 0.6) is 17.2 Å². The molecule has 0 saturated heterocycles. The van der Waals surface area contributed by atoms with Gasteiger partial charge >= 0.3 is 5.97 Å².